The number of nitrogens with one attached hydrogen (secondary N) is 2. The third kappa shape index (κ3) is 7.95. The number of rotatable bonds is 10. The lowest BCUT2D eigenvalue weighted by Gasteiger charge is -2.32. The second-order valence-corrected chi connectivity index (χ2v) is 8.27. The highest BCUT2D eigenvalue weighted by Crippen LogP contribution is 2.14. The Morgan fingerprint density at radius 3 is 2.69 bits per heavy atom. The number of nitrogens with zero attached hydrogens (tertiary/aromatic N) is 2. The molecule has 0 aliphatic carbocycles. The van der Waals surface area contributed by atoms with E-state index in [-0.39, 0.29) is 37.3 Å². The highest BCUT2D eigenvalue weighted by Gasteiger charge is 2.32. The second-order valence-electron chi connectivity index (χ2n) is 6.52. The summed E-state index contributed by atoms with van der Waals surface area (Å²) in [5.74, 6) is -1.25. The number of guanidine groups is 1. The van der Waals surface area contributed by atoms with E-state index in [2.05, 4.69) is 15.2 Å². The molecule has 0 saturated carbocycles. The van der Waals surface area contributed by atoms with Crippen molar-refractivity contribution in [1.29, 1.82) is 0 Å². The molecule has 0 bridgehead atoms. The second kappa shape index (κ2) is 10.6. The van der Waals surface area contributed by atoms with Gasteiger partial charge >= 0.3 is 0 Å². The zero-order chi connectivity index (χ0) is 21.3. The standard InChI is InChI=1S/C17H26N6O5S/c18-17(19)21-28-10-8-20-15(24)11-23-9-4-7-14(16(23)25)22-29(26,27)12-13-5-2-1-3-6-13/h1-3,5-6,14,22H,4,7-12H2,(H,20,24)(H4,18,19,21)/t14-/m0/s1. The summed E-state index contributed by atoms with van der Waals surface area (Å²) in [6, 6.07) is 7.82. The molecule has 29 heavy (non-hydrogen) atoms. The van der Waals surface area contributed by atoms with Crippen LogP contribution >= 0.6 is 0 Å². The minimum Gasteiger partial charge on any atom is -0.391 e. The molecular weight excluding hydrogens is 400 g/mol. The van der Waals surface area contributed by atoms with Crippen molar-refractivity contribution < 1.29 is 22.8 Å². The number of nitrogens with two attached hydrogens (primary N) is 2. The van der Waals surface area contributed by atoms with E-state index in [1.165, 1.54) is 4.90 Å². The lowest BCUT2D eigenvalue weighted by Crippen LogP contribution is -2.54. The minimum atomic E-state index is -3.69. The molecule has 1 heterocycles. The first kappa shape index (κ1) is 22.4. The number of carbonyl (C=O) groups is 2. The van der Waals surface area contributed by atoms with Gasteiger partial charge in [-0.25, -0.2) is 13.1 Å². The maximum Gasteiger partial charge on any atom is 0.241 e. The van der Waals surface area contributed by atoms with E-state index in [0.29, 0.717) is 24.9 Å². The van der Waals surface area contributed by atoms with Crippen LogP contribution in [-0.2, 0) is 30.2 Å². The highest BCUT2D eigenvalue weighted by atomic mass is 32.2. The normalized spacial score (nSPS) is 16.9. The van der Waals surface area contributed by atoms with Crippen LogP contribution in [0.25, 0.3) is 0 Å². The molecule has 1 aliphatic heterocycles. The van der Waals surface area contributed by atoms with Gasteiger partial charge in [0.05, 0.1) is 18.8 Å². The summed E-state index contributed by atoms with van der Waals surface area (Å²) in [6.45, 7) is 0.440. The number of carbonyl (C=O) groups excluding carboxylic acids is 2. The molecule has 0 unspecified atom stereocenters. The van der Waals surface area contributed by atoms with Crippen molar-refractivity contribution in [3.05, 3.63) is 35.9 Å². The van der Waals surface area contributed by atoms with Crippen LogP contribution in [0.3, 0.4) is 0 Å². The Balaban J connectivity index is 1.83. The molecule has 11 nitrogen and oxygen atoms in total. The number of likely N-dealkylation sites (tertiary alicyclic amines) is 1. The first-order valence-corrected chi connectivity index (χ1v) is 10.7. The van der Waals surface area contributed by atoms with Crippen LogP contribution in [0, 0.1) is 0 Å². The van der Waals surface area contributed by atoms with E-state index < -0.39 is 22.0 Å². The van der Waals surface area contributed by atoms with Gasteiger partial charge in [-0.15, -0.1) is 0 Å². The lowest BCUT2D eigenvalue weighted by atomic mass is 10.1. The van der Waals surface area contributed by atoms with Crippen LogP contribution in [0.2, 0.25) is 0 Å². The molecule has 1 fully saturated rings. The van der Waals surface area contributed by atoms with Gasteiger partial charge in [-0.1, -0.05) is 30.3 Å². The van der Waals surface area contributed by atoms with Gasteiger partial charge in [0.25, 0.3) is 0 Å². The number of benzene rings is 1. The molecule has 1 aromatic carbocycles. The maximum absolute atomic E-state index is 12.6. The van der Waals surface area contributed by atoms with Gasteiger partial charge in [-0.05, 0) is 23.6 Å². The smallest absolute Gasteiger partial charge is 0.241 e. The van der Waals surface area contributed by atoms with E-state index in [9.17, 15) is 18.0 Å². The fourth-order valence-corrected chi connectivity index (χ4v) is 4.21. The number of sulfonamides is 1. The quantitative estimate of drug-likeness (QED) is 0.151. The average Bonchev–Trinajstić information content (AvgIpc) is 2.64. The third-order valence-electron chi connectivity index (χ3n) is 4.07. The van der Waals surface area contributed by atoms with Crippen LogP contribution in [0.1, 0.15) is 18.4 Å². The molecule has 160 valence electrons. The van der Waals surface area contributed by atoms with Crippen LogP contribution in [0.15, 0.2) is 35.5 Å². The van der Waals surface area contributed by atoms with Crippen molar-refractivity contribution in [3.63, 3.8) is 0 Å². The molecule has 6 N–H and O–H groups in total. The fourth-order valence-electron chi connectivity index (χ4n) is 2.84. The van der Waals surface area contributed by atoms with Gasteiger partial charge in [0.2, 0.25) is 27.8 Å². The van der Waals surface area contributed by atoms with E-state index in [1.807, 2.05) is 0 Å². The van der Waals surface area contributed by atoms with Gasteiger partial charge in [-0.2, -0.15) is 0 Å². The number of amides is 2. The molecule has 0 radical (unpaired) electrons. The van der Waals surface area contributed by atoms with Gasteiger partial charge in [0.1, 0.15) is 12.6 Å². The Labute approximate surface area is 169 Å². The van der Waals surface area contributed by atoms with Gasteiger partial charge in [0.15, 0.2) is 0 Å². The Bertz CT molecular complexity index is 826. The first-order chi connectivity index (χ1) is 13.8. The van der Waals surface area contributed by atoms with Crippen molar-refractivity contribution in [3.8, 4) is 0 Å². The van der Waals surface area contributed by atoms with Crippen molar-refractivity contribution in [2.75, 3.05) is 26.2 Å². The number of hydrogen-bond acceptors (Lipinski definition) is 6. The Kier molecular flexibility index (Phi) is 8.21. The SMILES string of the molecule is NC(N)=NOCCNC(=O)CN1CCC[C@H](NS(=O)(=O)Cc2ccccc2)C1=O. The van der Waals surface area contributed by atoms with E-state index in [0.717, 1.165) is 0 Å². The topological polar surface area (TPSA) is 169 Å². The number of piperidine rings is 1. The van der Waals surface area contributed by atoms with Crippen molar-refractivity contribution >= 4 is 27.8 Å². The molecule has 1 atom stereocenters. The fraction of sp³-hybridized carbons (Fsp3) is 0.471. The first-order valence-electron chi connectivity index (χ1n) is 9.07. The zero-order valence-electron chi connectivity index (χ0n) is 15.9. The summed E-state index contributed by atoms with van der Waals surface area (Å²) in [5, 5.41) is 5.89. The van der Waals surface area contributed by atoms with E-state index in [4.69, 9.17) is 16.3 Å². The molecule has 1 saturated heterocycles. The van der Waals surface area contributed by atoms with Crippen molar-refractivity contribution in [2.24, 2.45) is 16.6 Å². The summed E-state index contributed by atoms with van der Waals surface area (Å²) in [6.07, 6.45) is 0.975. The van der Waals surface area contributed by atoms with Crippen LogP contribution in [-0.4, -0.2) is 63.4 Å². The van der Waals surface area contributed by atoms with Gasteiger partial charge in [-0.3, -0.25) is 9.59 Å². The molecular formula is C17H26N6O5S. The van der Waals surface area contributed by atoms with E-state index in [1.54, 1.807) is 30.3 Å². The molecule has 2 rings (SSSR count). The summed E-state index contributed by atoms with van der Waals surface area (Å²) >= 11 is 0. The maximum atomic E-state index is 12.6. The van der Waals surface area contributed by atoms with Crippen molar-refractivity contribution in [2.45, 2.75) is 24.6 Å². The predicted octanol–water partition coefficient (Wildman–Crippen LogP) is -1.58. The largest absolute Gasteiger partial charge is 0.391 e. The monoisotopic (exact) mass is 426 g/mol. The molecule has 1 aliphatic rings. The van der Waals surface area contributed by atoms with Crippen LogP contribution in [0.4, 0.5) is 0 Å². The number of hydrogen-bond donors (Lipinski definition) is 4. The molecule has 2 amide bonds. The minimum absolute atomic E-state index is 0.0689. The van der Waals surface area contributed by atoms with Gasteiger partial charge in [0, 0.05) is 6.54 Å². The van der Waals surface area contributed by atoms with Crippen LogP contribution < -0.4 is 21.5 Å². The molecule has 1 aromatic rings. The lowest BCUT2D eigenvalue weighted by molar-refractivity contribution is -0.139. The highest BCUT2D eigenvalue weighted by molar-refractivity contribution is 7.88. The third-order valence-corrected chi connectivity index (χ3v) is 5.43. The summed E-state index contributed by atoms with van der Waals surface area (Å²) in [5.41, 5.74) is 10.8. The molecule has 0 spiro atoms. The Hall–Kier alpha value is -2.86. The Morgan fingerprint density at radius 2 is 2.00 bits per heavy atom. The van der Waals surface area contributed by atoms with Gasteiger partial charge < -0.3 is 26.5 Å². The van der Waals surface area contributed by atoms with E-state index >= 15 is 0 Å². The Morgan fingerprint density at radius 1 is 1.28 bits per heavy atom. The molecule has 0 aromatic heterocycles. The number of oxime groups is 1. The van der Waals surface area contributed by atoms with Crippen LogP contribution in [0.5, 0.6) is 0 Å². The molecule has 12 heteroatoms. The summed E-state index contributed by atoms with van der Waals surface area (Å²) < 4.78 is 27.2. The summed E-state index contributed by atoms with van der Waals surface area (Å²) in [4.78, 5) is 30.7. The zero-order valence-corrected chi connectivity index (χ0v) is 16.7. The predicted molar refractivity (Wildman–Crippen MR) is 107 cm³/mol. The van der Waals surface area contributed by atoms with Crippen molar-refractivity contribution in [1.82, 2.24) is 14.9 Å². The average molecular weight is 426 g/mol. The summed E-state index contributed by atoms with van der Waals surface area (Å²) in [7, 11) is -3.69.